The fourth-order valence-corrected chi connectivity index (χ4v) is 9.95. The van der Waals surface area contributed by atoms with Crippen molar-refractivity contribution in [3.8, 4) is 11.4 Å². The van der Waals surface area contributed by atoms with Crippen LogP contribution in [0.4, 0.5) is 11.4 Å². The number of nitrogens with zero attached hydrogens (tertiary/aromatic N) is 3. The summed E-state index contributed by atoms with van der Waals surface area (Å²) in [5.41, 5.74) is 12.3. The summed E-state index contributed by atoms with van der Waals surface area (Å²) in [6.07, 6.45) is 0. The molecule has 3 heterocycles. The highest BCUT2D eigenvalue weighted by atomic mass is 15.0. The van der Waals surface area contributed by atoms with Crippen molar-refractivity contribution in [3.63, 3.8) is 0 Å². The zero-order chi connectivity index (χ0) is 39.3. The fourth-order valence-electron chi connectivity index (χ4n) is 9.95. The number of anilines is 1. The molecule has 10 aromatic carbocycles. The lowest BCUT2D eigenvalue weighted by molar-refractivity contribution is 1.01. The molecule has 0 aliphatic carbocycles. The van der Waals surface area contributed by atoms with Gasteiger partial charge in [0.25, 0.3) is 0 Å². The van der Waals surface area contributed by atoms with Crippen molar-refractivity contribution < 1.29 is 0 Å². The smallest absolute Gasteiger partial charge is 0.0947 e. The fraction of sp³-hybridized carbons (Fsp3) is 0.0179. The van der Waals surface area contributed by atoms with E-state index in [0.717, 1.165) is 39.6 Å². The van der Waals surface area contributed by atoms with Gasteiger partial charge in [0.2, 0.25) is 0 Å². The Kier molecular flexibility index (Phi) is 7.04. The highest BCUT2D eigenvalue weighted by Crippen LogP contribution is 2.44. The minimum atomic E-state index is -0.131. The second kappa shape index (κ2) is 12.8. The van der Waals surface area contributed by atoms with Gasteiger partial charge in [0.1, 0.15) is 0 Å². The van der Waals surface area contributed by atoms with Gasteiger partial charge in [-0.25, -0.2) is 4.99 Å². The molecule has 0 radical (unpaired) electrons. The molecule has 2 aromatic heterocycles. The molecule has 1 atom stereocenters. The van der Waals surface area contributed by atoms with Gasteiger partial charge in [-0.05, 0) is 110 Å². The van der Waals surface area contributed by atoms with Gasteiger partial charge in [-0.1, -0.05) is 140 Å². The van der Waals surface area contributed by atoms with Crippen LogP contribution in [0.1, 0.15) is 17.2 Å². The number of rotatable bonds is 4. The van der Waals surface area contributed by atoms with Gasteiger partial charge in [-0.15, -0.1) is 0 Å². The summed E-state index contributed by atoms with van der Waals surface area (Å²) in [6, 6.07) is 75.0. The summed E-state index contributed by atoms with van der Waals surface area (Å²) in [4.78, 5) is 5.31. The van der Waals surface area contributed by atoms with E-state index in [4.69, 9.17) is 4.99 Å². The van der Waals surface area contributed by atoms with Crippen LogP contribution in [0.15, 0.2) is 211 Å². The Morgan fingerprint density at radius 2 is 0.933 bits per heavy atom. The predicted molar refractivity (Wildman–Crippen MR) is 253 cm³/mol. The monoisotopic (exact) mass is 764 g/mol. The van der Waals surface area contributed by atoms with Crippen LogP contribution in [0.2, 0.25) is 0 Å². The molecule has 1 unspecified atom stereocenters. The van der Waals surface area contributed by atoms with E-state index in [1.165, 1.54) is 75.9 Å². The lowest BCUT2D eigenvalue weighted by Crippen LogP contribution is -2.25. The standard InChI is InChI=1S/C56H36N4/c1-2-16-41(17-3-1)59-49-30-26-36-13-6-8-18-43(36)53(49)45-33-46-52(34-51(45)59)60(50-31-27-37-14-7-9-19-44(37)54(46)50)42-28-24-38(25-29-42)55-56(58-48-21-11-10-20-47(48)57-55)40-23-22-35-12-4-5-15-39(35)32-40/h1-34,55,57H. The van der Waals surface area contributed by atoms with Gasteiger partial charge >= 0.3 is 0 Å². The average Bonchev–Trinajstić information content (AvgIpc) is 3.83. The minimum absolute atomic E-state index is 0.131. The van der Waals surface area contributed by atoms with Gasteiger partial charge in [0.05, 0.1) is 45.2 Å². The van der Waals surface area contributed by atoms with E-state index in [1.807, 2.05) is 0 Å². The molecule has 0 fully saturated rings. The summed E-state index contributed by atoms with van der Waals surface area (Å²) in [6.45, 7) is 0. The molecule has 1 aliphatic rings. The summed E-state index contributed by atoms with van der Waals surface area (Å²) >= 11 is 0. The molecule has 1 N–H and O–H groups in total. The van der Waals surface area contributed by atoms with Crippen LogP contribution in [-0.4, -0.2) is 14.8 Å². The van der Waals surface area contributed by atoms with Gasteiger partial charge in [-0.2, -0.15) is 0 Å². The van der Waals surface area contributed by atoms with E-state index in [0.29, 0.717) is 0 Å². The molecule has 280 valence electrons. The molecule has 12 aromatic rings. The molecular formula is C56H36N4. The zero-order valence-electron chi connectivity index (χ0n) is 32.5. The first-order chi connectivity index (χ1) is 29.7. The zero-order valence-corrected chi connectivity index (χ0v) is 32.5. The third-order valence-corrected chi connectivity index (χ3v) is 12.7. The van der Waals surface area contributed by atoms with E-state index in [1.54, 1.807) is 0 Å². The minimum Gasteiger partial charge on any atom is -0.371 e. The second-order valence-corrected chi connectivity index (χ2v) is 16.0. The van der Waals surface area contributed by atoms with Gasteiger partial charge in [0.15, 0.2) is 0 Å². The SMILES string of the molecule is c1ccc(-n2c3cc4c(cc3c3c5ccccc5ccc32)c2c3ccccc3ccc2n4-c2ccc(C3Nc4ccccc4N=C3c3ccc4ccccc4c3)cc2)cc1. The number of hydrogen-bond acceptors (Lipinski definition) is 2. The number of hydrogen-bond donors (Lipinski definition) is 1. The van der Waals surface area contributed by atoms with E-state index < -0.39 is 0 Å². The van der Waals surface area contributed by atoms with Crippen LogP contribution in [0.5, 0.6) is 0 Å². The van der Waals surface area contributed by atoms with Crippen molar-refractivity contribution in [3.05, 3.63) is 217 Å². The Labute approximate surface area is 345 Å². The Bertz CT molecular complexity index is 3740. The van der Waals surface area contributed by atoms with Crippen molar-refractivity contribution >= 4 is 93.0 Å². The van der Waals surface area contributed by atoms with E-state index >= 15 is 0 Å². The van der Waals surface area contributed by atoms with E-state index in [-0.39, 0.29) is 6.04 Å². The summed E-state index contributed by atoms with van der Waals surface area (Å²) < 4.78 is 4.91. The lowest BCUT2D eigenvalue weighted by Gasteiger charge is -2.28. The first-order valence-electron chi connectivity index (χ1n) is 20.7. The molecule has 13 rings (SSSR count). The first-order valence-corrected chi connectivity index (χ1v) is 20.7. The number of aliphatic imine (C=N–C) groups is 1. The first kappa shape index (κ1) is 33.1. The van der Waals surface area contributed by atoms with Gasteiger partial charge in [0, 0.05) is 32.9 Å². The normalized spacial score (nSPS) is 14.1. The number of fused-ring (bicyclic) bond motifs is 12. The lowest BCUT2D eigenvalue weighted by atomic mass is 9.92. The quantitative estimate of drug-likeness (QED) is 0.190. The Hall–Kier alpha value is -7.95. The van der Waals surface area contributed by atoms with Crippen LogP contribution >= 0.6 is 0 Å². The largest absolute Gasteiger partial charge is 0.371 e. The Morgan fingerprint density at radius 1 is 0.383 bits per heavy atom. The van der Waals surface area contributed by atoms with Crippen molar-refractivity contribution in [2.24, 2.45) is 4.99 Å². The molecule has 4 heteroatoms. The molecule has 1 aliphatic heterocycles. The topological polar surface area (TPSA) is 34.2 Å². The Balaban J connectivity index is 1.05. The van der Waals surface area contributed by atoms with Crippen molar-refractivity contribution in [1.29, 1.82) is 0 Å². The number of benzene rings is 10. The van der Waals surface area contributed by atoms with Gasteiger partial charge < -0.3 is 14.5 Å². The van der Waals surface area contributed by atoms with Crippen LogP contribution in [0.25, 0.3) is 87.3 Å². The average molecular weight is 765 g/mol. The summed E-state index contributed by atoms with van der Waals surface area (Å²) in [7, 11) is 0. The van der Waals surface area contributed by atoms with Crippen LogP contribution < -0.4 is 5.32 Å². The van der Waals surface area contributed by atoms with Gasteiger partial charge in [-0.3, -0.25) is 0 Å². The Morgan fingerprint density at radius 3 is 1.62 bits per heavy atom. The number of nitrogens with one attached hydrogen (secondary N) is 1. The third kappa shape index (κ3) is 4.88. The van der Waals surface area contributed by atoms with Crippen LogP contribution in [0.3, 0.4) is 0 Å². The molecule has 0 amide bonds. The molecular weight excluding hydrogens is 729 g/mol. The van der Waals surface area contributed by atoms with Crippen molar-refractivity contribution in [2.45, 2.75) is 6.04 Å². The molecule has 0 saturated heterocycles. The molecule has 60 heavy (non-hydrogen) atoms. The predicted octanol–water partition coefficient (Wildman–Crippen LogP) is 14.6. The molecule has 0 bridgehead atoms. The number of para-hydroxylation sites is 3. The summed E-state index contributed by atoms with van der Waals surface area (Å²) in [5.74, 6) is 0. The van der Waals surface area contributed by atoms with E-state index in [2.05, 4.69) is 221 Å². The maximum atomic E-state index is 5.31. The molecule has 4 nitrogen and oxygen atoms in total. The van der Waals surface area contributed by atoms with Crippen LogP contribution in [0, 0.1) is 0 Å². The summed E-state index contributed by atoms with van der Waals surface area (Å²) in [5, 5.41) is 16.4. The number of aromatic nitrogens is 2. The third-order valence-electron chi connectivity index (χ3n) is 12.7. The van der Waals surface area contributed by atoms with Crippen LogP contribution in [-0.2, 0) is 0 Å². The second-order valence-electron chi connectivity index (χ2n) is 16.0. The highest BCUT2D eigenvalue weighted by molar-refractivity contribution is 6.28. The molecule has 0 spiro atoms. The molecule has 0 saturated carbocycles. The highest BCUT2D eigenvalue weighted by Gasteiger charge is 2.26. The van der Waals surface area contributed by atoms with E-state index in [9.17, 15) is 0 Å². The van der Waals surface area contributed by atoms with Crippen molar-refractivity contribution in [1.82, 2.24) is 9.13 Å². The van der Waals surface area contributed by atoms with Crippen molar-refractivity contribution in [2.75, 3.05) is 5.32 Å². The maximum absolute atomic E-state index is 5.31. The maximum Gasteiger partial charge on any atom is 0.0947 e.